The van der Waals surface area contributed by atoms with Crippen LogP contribution >= 0.6 is 0 Å². The molecule has 2 aromatic rings. The molecule has 0 bridgehead atoms. The molecule has 1 unspecified atom stereocenters. The smallest absolute Gasteiger partial charge is 0.337 e. The number of hydrogen-bond donors (Lipinski definition) is 2. The van der Waals surface area contributed by atoms with Gasteiger partial charge in [0, 0.05) is 11.7 Å². The Bertz CT molecular complexity index is 658. The van der Waals surface area contributed by atoms with Crippen molar-refractivity contribution < 1.29 is 19.0 Å². The van der Waals surface area contributed by atoms with Crippen molar-refractivity contribution in [2.45, 2.75) is 13.0 Å². The molecule has 1 atom stereocenters. The van der Waals surface area contributed by atoms with Gasteiger partial charge in [0.05, 0.1) is 12.7 Å². The van der Waals surface area contributed by atoms with Gasteiger partial charge in [0.2, 0.25) is 0 Å². The summed E-state index contributed by atoms with van der Waals surface area (Å²) in [6, 6.07) is 11.0. The van der Waals surface area contributed by atoms with Crippen LogP contribution in [0.5, 0.6) is 5.75 Å². The highest BCUT2D eigenvalue weighted by molar-refractivity contribution is 5.94. The summed E-state index contributed by atoms with van der Waals surface area (Å²) in [4.78, 5) is 11.2. The fourth-order valence-corrected chi connectivity index (χ4v) is 2.06. The molecule has 0 fully saturated rings. The maximum Gasteiger partial charge on any atom is 0.337 e. The Hall–Kier alpha value is -2.56. The van der Waals surface area contributed by atoms with Crippen LogP contribution < -0.4 is 10.1 Å². The Morgan fingerprint density at radius 1 is 1.29 bits per heavy atom. The summed E-state index contributed by atoms with van der Waals surface area (Å²) in [6.45, 7) is 1.83. The van der Waals surface area contributed by atoms with Gasteiger partial charge < -0.3 is 15.2 Å². The lowest BCUT2D eigenvalue weighted by Crippen LogP contribution is -2.11. The van der Waals surface area contributed by atoms with E-state index in [9.17, 15) is 9.18 Å². The molecule has 21 heavy (non-hydrogen) atoms. The number of para-hydroxylation sites is 1. The second-order valence-electron chi connectivity index (χ2n) is 4.61. The first kappa shape index (κ1) is 14.8. The van der Waals surface area contributed by atoms with Gasteiger partial charge >= 0.3 is 5.97 Å². The van der Waals surface area contributed by atoms with E-state index in [2.05, 4.69) is 5.32 Å². The lowest BCUT2D eigenvalue weighted by molar-refractivity contribution is 0.0698. The minimum Gasteiger partial charge on any atom is -0.494 e. The van der Waals surface area contributed by atoms with E-state index in [0.29, 0.717) is 11.3 Å². The van der Waals surface area contributed by atoms with Gasteiger partial charge in [0.15, 0.2) is 11.6 Å². The summed E-state index contributed by atoms with van der Waals surface area (Å²) < 4.78 is 18.6. The number of methoxy groups -OCH3 is 1. The molecule has 0 aliphatic carbocycles. The molecule has 0 saturated heterocycles. The van der Waals surface area contributed by atoms with Gasteiger partial charge in [-0.15, -0.1) is 0 Å². The van der Waals surface area contributed by atoms with Gasteiger partial charge in [-0.2, -0.15) is 0 Å². The number of carboxylic acids is 1. The molecule has 0 spiro atoms. The molecule has 0 aliphatic rings. The molecule has 4 nitrogen and oxygen atoms in total. The van der Waals surface area contributed by atoms with Crippen LogP contribution in [-0.2, 0) is 0 Å². The molecule has 5 heteroatoms. The third-order valence-corrected chi connectivity index (χ3v) is 3.21. The van der Waals surface area contributed by atoms with Crippen molar-refractivity contribution in [1.29, 1.82) is 0 Å². The van der Waals surface area contributed by atoms with E-state index in [1.807, 2.05) is 6.92 Å². The number of carboxylic acid groups (broad SMARTS) is 1. The number of benzene rings is 2. The molecular formula is C16H16FNO3. The molecule has 0 saturated carbocycles. The number of aromatic carboxylic acids is 1. The van der Waals surface area contributed by atoms with Gasteiger partial charge in [-0.3, -0.25) is 0 Å². The van der Waals surface area contributed by atoms with Crippen LogP contribution in [0.2, 0.25) is 0 Å². The quantitative estimate of drug-likeness (QED) is 0.881. The molecule has 2 N–H and O–H groups in total. The first-order valence-electron chi connectivity index (χ1n) is 6.45. The second kappa shape index (κ2) is 6.26. The summed E-state index contributed by atoms with van der Waals surface area (Å²) in [5.74, 6) is -1.28. The summed E-state index contributed by atoms with van der Waals surface area (Å²) >= 11 is 0. The summed E-state index contributed by atoms with van der Waals surface area (Å²) in [6.07, 6.45) is 0. The average molecular weight is 289 g/mol. The third-order valence-electron chi connectivity index (χ3n) is 3.21. The van der Waals surface area contributed by atoms with Gasteiger partial charge in [-0.05, 0) is 36.8 Å². The predicted octanol–water partition coefficient (Wildman–Crippen LogP) is 3.71. The molecule has 0 heterocycles. The molecule has 0 amide bonds. The first-order valence-corrected chi connectivity index (χ1v) is 6.45. The zero-order chi connectivity index (χ0) is 15.4. The molecule has 110 valence electrons. The Kier molecular flexibility index (Phi) is 4.42. The zero-order valence-electron chi connectivity index (χ0n) is 11.8. The Morgan fingerprint density at radius 2 is 2.00 bits per heavy atom. The van der Waals surface area contributed by atoms with Crippen molar-refractivity contribution in [2.75, 3.05) is 12.4 Å². The Morgan fingerprint density at radius 3 is 2.62 bits per heavy atom. The average Bonchev–Trinajstić information content (AvgIpc) is 2.47. The van der Waals surface area contributed by atoms with Crippen molar-refractivity contribution in [2.24, 2.45) is 0 Å². The minimum atomic E-state index is -1.01. The molecular weight excluding hydrogens is 273 g/mol. The van der Waals surface area contributed by atoms with Crippen LogP contribution in [0.15, 0.2) is 42.5 Å². The number of anilines is 1. The SMILES string of the molecule is COc1ccc(C(C)Nc2ccccc2C(=O)O)cc1F. The van der Waals surface area contributed by atoms with Crippen molar-refractivity contribution in [3.63, 3.8) is 0 Å². The van der Waals surface area contributed by atoms with Crippen LogP contribution in [0, 0.1) is 5.82 Å². The van der Waals surface area contributed by atoms with E-state index in [1.165, 1.54) is 19.2 Å². The molecule has 0 radical (unpaired) electrons. The van der Waals surface area contributed by atoms with Gasteiger partial charge in [0.25, 0.3) is 0 Å². The van der Waals surface area contributed by atoms with Crippen molar-refractivity contribution in [3.05, 3.63) is 59.4 Å². The monoisotopic (exact) mass is 289 g/mol. The Labute approximate surface area is 122 Å². The summed E-state index contributed by atoms with van der Waals surface area (Å²) in [7, 11) is 1.41. The number of nitrogens with one attached hydrogen (secondary N) is 1. The maximum atomic E-state index is 13.7. The fraction of sp³-hybridized carbons (Fsp3) is 0.188. The number of ether oxygens (including phenoxy) is 1. The first-order chi connectivity index (χ1) is 10.0. The largest absolute Gasteiger partial charge is 0.494 e. The van der Waals surface area contributed by atoms with E-state index >= 15 is 0 Å². The normalized spacial score (nSPS) is 11.8. The van der Waals surface area contributed by atoms with Gasteiger partial charge in [0.1, 0.15) is 0 Å². The lowest BCUT2D eigenvalue weighted by atomic mass is 10.1. The molecule has 0 aromatic heterocycles. The molecule has 0 aliphatic heterocycles. The number of carbonyl (C=O) groups is 1. The van der Waals surface area contributed by atoms with Crippen LogP contribution in [0.4, 0.5) is 10.1 Å². The Balaban J connectivity index is 2.24. The van der Waals surface area contributed by atoms with Crippen LogP contribution in [0.25, 0.3) is 0 Å². The third kappa shape index (κ3) is 3.31. The van der Waals surface area contributed by atoms with E-state index in [1.54, 1.807) is 30.3 Å². The predicted molar refractivity (Wildman–Crippen MR) is 78.4 cm³/mol. The van der Waals surface area contributed by atoms with E-state index < -0.39 is 11.8 Å². The highest BCUT2D eigenvalue weighted by atomic mass is 19.1. The summed E-state index contributed by atoms with van der Waals surface area (Å²) in [5.41, 5.74) is 1.38. The van der Waals surface area contributed by atoms with Crippen molar-refractivity contribution >= 4 is 11.7 Å². The van der Waals surface area contributed by atoms with E-state index in [0.717, 1.165) is 0 Å². The van der Waals surface area contributed by atoms with Crippen LogP contribution in [-0.4, -0.2) is 18.2 Å². The number of halogens is 1. The van der Waals surface area contributed by atoms with Crippen molar-refractivity contribution in [1.82, 2.24) is 0 Å². The number of hydrogen-bond acceptors (Lipinski definition) is 3. The topological polar surface area (TPSA) is 58.6 Å². The fourth-order valence-electron chi connectivity index (χ4n) is 2.06. The number of rotatable bonds is 5. The zero-order valence-corrected chi connectivity index (χ0v) is 11.8. The molecule has 2 aromatic carbocycles. The molecule has 2 rings (SSSR count). The highest BCUT2D eigenvalue weighted by Gasteiger charge is 2.13. The van der Waals surface area contributed by atoms with Crippen LogP contribution in [0.3, 0.4) is 0 Å². The van der Waals surface area contributed by atoms with E-state index in [4.69, 9.17) is 9.84 Å². The van der Waals surface area contributed by atoms with Crippen molar-refractivity contribution in [3.8, 4) is 5.75 Å². The maximum absolute atomic E-state index is 13.7. The standard InChI is InChI=1S/C16H16FNO3/c1-10(11-7-8-15(21-2)13(17)9-11)18-14-6-4-3-5-12(14)16(19)20/h3-10,18H,1-2H3,(H,19,20). The van der Waals surface area contributed by atoms with E-state index in [-0.39, 0.29) is 17.4 Å². The van der Waals surface area contributed by atoms with Crippen LogP contribution in [0.1, 0.15) is 28.9 Å². The highest BCUT2D eigenvalue weighted by Crippen LogP contribution is 2.25. The second-order valence-corrected chi connectivity index (χ2v) is 4.61. The van der Waals surface area contributed by atoms with Gasteiger partial charge in [-0.25, -0.2) is 9.18 Å². The minimum absolute atomic E-state index is 0.178. The van der Waals surface area contributed by atoms with Gasteiger partial charge in [-0.1, -0.05) is 18.2 Å². The summed E-state index contributed by atoms with van der Waals surface area (Å²) in [5, 5.41) is 12.2. The lowest BCUT2D eigenvalue weighted by Gasteiger charge is -2.18.